The Morgan fingerprint density at radius 2 is 1.70 bits per heavy atom. The summed E-state index contributed by atoms with van der Waals surface area (Å²) in [6.45, 7) is 7.68. The van der Waals surface area contributed by atoms with Gasteiger partial charge in [0.25, 0.3) is 0 Å². The number of anilines is 1. The van der Waals surface area contributed by atoms with E-state index in [0.717, 1.165) is 34.4 Å². The molecular formula is C32H38F4N2O4S. The number of alkyl halides is 3. The summed E-state index contributed by atoms with van der Waals surface area (Å²) in [5, 5.41) is 3.24. The highest BCUT2D eigenvalue weighted by Crippen LogP contribution is 2.25. The van der Waals surface area contributed by atoms with E-state index in [4.69, 9.17) is 9.47 Å². The fourth-order valence-corrected chi connectivity index (χ4v) is 5.04. The summed E-state index contributed by atoms with van der Waals surface area (Å²) in [4.78, 5) is 11.8. The van der Waals surface area contributed by atoms with Crippen molar-refractivity contribution in [2.75, 3.05) is 31.7 Å². The number of carbonyl (C=O) groups is 1. The highest BCUT2D eigenvalue weighted by Gasteiger charge is 2.37. The molecule has 0 fully saturated rings. The van der Waals surface area contributed by atoms with Crippen LogP contribution in [0.15, 0.2) is 54.6 Å². The normalized spacial score (nSPS) is 12.3. The molecule has 1 unspecified atom stereocenters. The van der Waals surface area contributed by atoms with Gasteiger partial charge in [0.05, 0.1) is 13.2 Å². The lowest BCUT2D eigenvalue weighted by atomic mass is 9.95. The Morgan fingerprint density at radius 1 is 0.977 bits per heavy atom. The molecule has 0 bridgehead atoms. The number of aryl methyl sites for hydroxylation is 3. The third-order valence-electron chi connectivity index (χ3n) is 6.80. The molecule has 0 aliphatic rings. The second kappa shape index (κ2) is 16.5. The Kier molecular flexibility index (Phi) is 13.2. The zero-order valence-electron chi connectivity index (χ0n) is 24.6. The molecule has 0 heterocycles. The lowest BCUT2D eigenvalue weighted by Crippen LogP contribution is -2.33. The number of hydrogen-bond acceptors (Lipinski definition) is 5. The number of ether oxygens (including phenoxy) is 2. The van der Waals surface area contributed by atoms with E-state index in [0.29, 0.717) is 37.6 Å². The molecule has 1 atom stereocenters. The number of Topliss-reactive ketones (excluding diaryl/α,β-unsaturated/α-hetero) is 1. The Hall–Kier alpha value is -3.28. The standard InChI is InChI=1S/C32H38F4N2O4S/c1-4-41-13-14-42-29-15-22(2)30(23(3)16-29)18-24-7-5-8-25(17-24)20-37-27-12-11-26(31(33)19-27)9-6-10-28(39)21-38-43(40)32(34,35)36/h5,7-8,11-12,15-17,19,37-38H,4,6,9-10,13-14,18,20-21H2,1-3H3. The molecule has 0 aliphatic carbocycles. The first-order chi connectivity index (χ1) is 20.5. The van der Waals surface area contributed by atoms with Crippen LogP contribution in [-0.2, 0) is 39.9 Å². The minimum Gasteiger partial charge on any atom is -0.491 e. The molecule has 0 radical (unpaired) electrons. The molecule has 0 amide bonds. The van der Waals surface area contributed by atoms with Crippen molar-refractivity contribution in [1.29, 1.82) is 0 Å². The van der Waals surface area contributed by atoms with Gasteiger partial charge in [-0.1, -0.05) is 30.3 Å². The van der Waals surface area contributed by atoms with Crippen molar-refractivity contribution in [3.05, 3.63) is 93.8 Å². The van der Waals surface area contributed by atoms with Crippen molar-refractivity contribution in [3.8, 4) is 5.75 Å². The van der Waals surface area contributed by atoms with E-state index in [9.17, 15) is 26.6 Å². The summed E-state index contributed by atoms with van der Waals surface area (Å²) in [5.74, 6) is -0.124. The molecule has 2 N–H and O–H groups in total. The Morgan fingerprint density at radius 3 is 2.37 bits per heavy atom. The quantitative estimate of drug-likeness (QED) is 0.129. The zero-order valence-corrected chi connectivity index (χ0v) is 25.4. The fourth-order valence-electron chi connectivity index (χ4n) is 4.59. The SMILES string of the molecule is CCOCCOc1cc(C)c(Cc2cccc(CNc3ccc(CCCC(=O)CNS(=O)C(F)(F)F)c(F)c3)c2)c(C)c1. The zero-order chi connectivity index (χ0) is 31.4. The Balaban J connectivity index is 1.50. The fraction of sp³-hybridized carbons (Fsp3) is 0.406. The van der Waals surface area contributed by atoms with Gasteiger partial charge in [-0.3, -0.25) is 4.79 Å². The third kappa shape index (κ3) is 11.4. The van der Waals surface area contributed by atoms with Gasteiger partial charge < -0.3 is 14.8 Å². The van der Waals surface area contributed by atoms with Crippen molar-refractivity contribution >= 4 is 22.5 Å². The van der Waals surface area contributed by atoms with Gasteiger partial charge >= 0.3 is 5.51 Å². The van der Waals surface area contributed by atoms with Gasteiger partial charge in [0.2, 0.25) is 0 Å². The van der Waals surface area contributed by atoms with Gasteiger partial charge in [0, 0.05) is 25.3 Å². The van der Waals surface area contributed by atoms with E-state index >= 15 is 0 Å². The Labute approximate surface area is 252 Å². The Bertz CT molecular complexity index is 1380. The molecule has 0 spiro atoms. The van der Waals surface area contributed by atoms with E-state index in [1.165, 1.54) is 11.6 Å². The molecule has 0 aliphatic heterocycles. The number of carbonyl (C=O) groups excluding carboxylic acids is 1. The van der Waals surface area contributed by atoms with Crippen LogP contribution in [0.3, 0.4) is 0 Å². The van der Waals surface area contributed by atoms with Gasteiger partial charge in [0.15, 0.2) is 11.0 Å². The average Bonchev–Trinajstić information content (AvgIpc) is 2.95. The number of ketones is 1. The predicted molar refractivity (Wildman–Crippen MR) is 161 cm³/mol. The molecule has 234 valence electrons. The molecular weight excluding hydrogens is 584 g/mol. The second-order valence-corrected chi connectivity index (χ2v) is 11.5. The number of benzene rings is 3. The van der Waals surface area contributed by atoms with E-state index in [1.54, 1.807) is 16.9 Å². The van der Waals surface area contributed by atoms with Gasteiger partial charge in [-0.05, 0) is 97.7 Å². The summed E-state index contributed by atoms with van der Waals surface area (Å²) in [6.07, 6.45) is 1.23. The first-order valence-corrected chi connectivity index (χ1v) is 15.3. The minimum absolute atomic E-state index is 0.0523. The van der Waals surface area contributed by atoms with Crippen LogP contribution in [0, 0.1) is 19.7 Å². The van der Waals surface area contributed by atoms with E-state index in [-0.39, 0.29) is 19.3 Å². The molecule has 6 nitrogen and oxygen atoms in total. The van der Waals surface area contributed by atoms with Crippen LogP contribution in [0.4, 0.5) is 23.2 Å². The van der Waals surface area contributed by atoms with Crippen LogP contribution in [0.5, 0.6) is 5.75 Å². The smallest absolute Gasteiger partial charge is 0.485 e. The first-order valence-electron chi connectivity index (χ1n) is 14.1. The van der Waals surface area contributed by atoms with Gasteiger partial charge in [-0.15, -0.1) is 0 Å². The number of hydrogen-bond donors (Lipinski definition) is 2. The van der Waals surface area contributed by atoms with Gasteiger partial charge in [-0.2, -0.15) is 13.2 Å². The summed E-state index contributed by atoms with van der Waals surface area (Å²) >= 11 is 0. The summed E-state index contributed by atoms with van der Waals surface area (Å²) < 4.78 is 75.2. The van der Waals surface area contributed by atoms with Crippen LogP contribution in [0.25, 0.3) is 0 Å². The maximum Gasteiger partial charge on any atom is 0.485 e. The molecule has 11 heteroatoms. The van der Waals surface area contributed by atoms with Gasteiger partial charge in [-0.25, -0.2) is 13.3 Å². The maximum atomic E-state index is 14.7. The van der Waals surface area contributed by atoms with Gasteiger partial charge in [0.1, 0.15) is 24.0 Å². The van der Waals surface area contributed by atoms with E-state index in [2.05, 4.69) is 43.4 Å². The summed E-state index contributed by atoms with van der Waals surface area (Å²) in [7, 11) is -3.28. The predicted octanol–water partition coefficient (Wildman–Crippen LogP) is 6.73. The molecule has 0 saturated heterocycles. The van der Waals surface area contributed by atoms with Crippen molar-refractivity contribution in [2.45, 2.75) is 58.5 Å². The number of nitrogens with one attached hydrogen (secondary N) is 2. The lowest BCUT2D eigenvalue weighted by molar-refractivity contribution is -0.118. The highest BCUT2D eigenvalue weighted by atomic mass is 32.2. The van der Waals surface area contributed by atoms with Crippen molar-refractivity contribution < 1.29 is 36.0 Å². The maximum absolute atomic E-state index is 14.7. The topological polar surface area (TPSA) is 76.7 Å². The molecule has 3 rings (SSSR count). The van der Waals surface area contributed by atoms with Crippen LogP contribution >= 0.6 is 0 Å². The first kappa shape index (κ1) is 34.2. The van der Waals surface area contributed by atoms with Crippen LogP contribution < -0.4 is 14.8 Å². The minimum atomic E-state index is -4.92. The largest absolute Gasteiger partial charge is 0.491 e. The number of rotatable bonds is 17. The monoisotopic (exact) mass is 622 g/mol. The van der Waals surface area contributed by atoms with Crippen LogP contribution in [0.1, 0.15) is 53.1 Å². The van der Waals surface area contributed by atoms with E-state index < -0.39 is 34.6 Å². The lowest BCUT2D eigenvalue weighted by Gasteiger charge is -2.15. The number of halogens is 4. The third-order valence-corrected chi connectivity index (χ3v) is 7.63. The average molecular weight is 623 g/mol. The van der Waals surface area contributed by atoms with Crippen molar-refractivity contribution in [3.63, 3.8) is 0 Å². The molecule has 3 aromatic carbocycles. The molecule has 0 aromatic heterocycles. The van der Waals surface area contributed by atoms with Crippen molar-refractivity contribution in [2.24, 2.45) is 0 Å². The summed E-state index contributed by atoms with van der Waals surface area (Å²) in [5.41, 5.74) is 1.85. The van der Waals surface area contributed by atoms with Crippen LogP contribution in [0.2, 0.25) is 0 Å². The van der Waals surface area contributed by atoms with Crippen molar-refractivity contribution in [1.82, 2.24) is 4.72 Å². The van der Waals surface area contributed by atoms with E-state index in [1.807, 2.05) is 19.1 Å². The summed E-state index contributed by atoms with van der Waals surface area (Å²) in [6, 6.07) is 17.1. The molecule has 0 saturated carbocycles. The molecule has 43 heavy (non-hydrogen) atoms. The van der Waals surface area contributed by atoms with Crippen LogP contribution in [-0.4, -0.2) is 41.9 Å². The second-order valence-electron chi connectivity index (χ2n) is 10.2. The highest BCUT2D eigenvalue weighted by molar-refractivity contribution is 7.83. The molecule has 3 aromatic rings.